The smallest absolute Gasteiger partial charge is 0.336 e. The third-order valence-electron chi connectivity index (χ3n) is 5.58. The molecule has 0 fully saturated rings. The zero-order chi connectivity index (χ0) is 21.5. The van der Waals surface area contributed by atoms with Crippen molar-refractivity contribution in [2.75, 3.05) is 0 Å². The summed E-state index contributed by atoms with van der Waals surface area (Å²) in [5.74, 6) is 1.37. The molecule has 0 amide bonds. The highest BCUT2D eigenvalue weighted by atomic mass is 16.4. The summed E-state index contributed by atoms with van der Waals surface area (Å²) in [6.45, 7) is 7.44. The molecule has 0 bridgehead atoms. The lowest BCUT2D eigenvalue weighted by Gasteiger charge is -2.08. The second-order valence-corrected chi connectivity index (χ2v) is 7.85. The summed E-state index contributed by atoms with van der Waals surface area (Å²) in [4.78, 5) is 16.4. The Morgan fingerprint density at radius 3 is 2.47 bits per heavy atom. The van der Waals surface area contributed by atoms with Crippen molar-refractivity contribution in [3.8, 4) is 11.1 Å². The van der Waals surface area contributed by atoms with E-state index >= 15 is 0 Å². The van der Waals surface area contributed by atoms with Gasteiger partial charge in [-0.05, 0) is 35.6 Å². The number of hydrogen-bond donors (Lipinski definition) is 1. The average Bonchev–Trinajstić information content (AvgIpc) is 3.16. The van der Waals surface area contributed by atoms with Crippen molar-refractivity contribution in [3.05, 3.63) is 71.3 Å². The molecule has 1 unspecified atom stereocenters. The van der Waals surface area contributed by atoms with Gasteiger partial charge in [-0.1, -0.05) is 76.1 Å². The van der Waals surface area contributed by atoms with Gasteiger partial charge in [0.15, 0.2) is 5.82 Å². The van der Waals surface area contributed by atoms with Crippen LogP contribution in [0.4, 0.5) is 0 Å². The van der Waals surface area contributed by atoms with Gasteiger partial charge in [0.1, 0.15) is 5.82 Å². The fourth-order valence-electron chi connectivity index (χ4n) is 3.51. The molecule has 3 rings (SSSR count). The molecule has 30 heavy (non-hydrogen) atoms. The number of benzene rings is 2. The Labute approximate surface area is 178 Å². The quantitative estimate of drug-likeness (QED) is 0.424. The first kappa shape index (κ1) is 21.8. The van der Waals surface area contributed by atoms with E-state index < -0.39 is 5.97 Å². The molecular formula is C25H31N3O2. The maximum Gasteiger partial charge on any atom is 0.336 e. The summed E-state index contributed by atoms with van der Waals surface area (Å²) >= 11 is 0. The van der Waals surface area contributed by atoms with Gasteiger partial charge in [0.2, 0.25) is 0 Å². The van der Waals surface area contributed by atoms with E-state index in [0.717, 1.165) is 54.1 Å². The number of carboxylic acids is 1. The van der Waals surface area contributed by atoms with Crippen LogP contribution in [0.1, 0.15) is 79.9 Å². The van der Waals surface area contributed by atoms with E-state index in [-0.39, 0.29) is 0 Å². The van der Waals surface area contributed by atoms with Crippen LogP contribution in [0.15, 0.2) is 48.5 Å². The van der Waals surface area contributed by atoms with Crippen LogP contribution in [-0.4, -0.2) is 25.8 Å². The Bertz CT molecular complexity index is 976. The van der Waals surface area contributed by atoms with E-state index in [1.807, 2.05) is 24.3 Å². The highest BCUT2D eigenvalue weighted by Crippen LogP contribution is 2.25. The first-order valence-corrected chi connectivity index (χ1v) is 10.9. The Morgan fingerprint density at radius 2 is 1.80 bits per heavy atom. The minimum absolute atomic E-state index is 0.319. The molecule has 0 spiro atoms. The van der Waals surface area contributed by atoms with E-state index in [1.165, 1.54) is 12.8 Å². The largest absolute Gasteiger partial charge is 0.478 e. The normalized spacial score (nSPS) is 12.1. The Hall–Kier alpha value is -2.95. The zero-order valence-corrected chi connectivity index (χ0v) is 18.1. The average molecular weight is 406 g/mol. The van der Waals surface area contributed by atoms with Gasteiger partial charge < -0.3 is 5.11 Å². The van der Waals surface area contributed by atoms with Crippen LogP contribution in [0.5, 0.6) is 0 Å². The third-order valence-corrected chi connectivity index (χ3v) is 5.58. The maximum absolute atomic E-state index is 11.5. The first-order valence-electron chi connectivity index (χ1n) is 10.9. The Kier molecular flexibility index (Phi) is 7.39. The molecule has 5 heteroatoms. The number of carboxylic acid groups (broad SMARTS) is 1. The number of unbranched alkanes of at least 4 members (excludes halogenated alkanes) is 2. The number of rotatable bonds is 10. The third kappa shape index (κ3) is 5.15. The second kappa shape index (κ2) is 10.2. The van der Waals surface area contributed by atoms with E-state index in [4.69, 9.17) is 10.1 Å². The van der Waals surface area contributed by atoms with Crippen LogP contribution >= 0.6 is 0 Å². The van der Waals surface area contributed by atoms with Gasteiger partial charge in [-0.2, -0.15) is 5.10 Å². The molecule has 2 aromatic carbocycles. The predicted molar refractivity (Wildman–Crippen MR) is 120 cm³/mol. The molecule has 0 radical (unpaired) electrons. The zero-order valence-electron chi connectivity index (χ0n) is 18.1. The van der Waals surface area contributed by atoms with Crippen molar-refractivity contribution in [3.63, 3.8) is 0 Å². The minimum atomic E-state index is -0.910. The number of aryl methyl sites for hydroxylation is 1. The molecule has 1 aromatic heterocycles. The van der Waals surface area contributed by atoms with Crippen molar-refractivity contribution in [2.24, 2.45) is 0 Å². The maximum atomic E-state index is 11.5. The highest BCUT2D eigenvalue weighted by Gasteiger charge is 2.15. The van der Waals surface area contributed by atoms with Crippen LogP contribution < -0.4 is 0 Å². The first-order chi connectivity index (χ1) is 14.5. The van der Waals surface area contributed by atoms with Gasteiger partial charge in [0.05, 0.1) is 5.56 Å². The molecule has 0 saturated carbocycles. The molecule has 3 aromatic rings. The summed E-state index contributed by atoms with van der Waals surface area (Å²) in [5.41, 5.74) is 3.10. The number of carbonyl (C=O) groups is 1. The summed E-state index contributed by atoms with van der Waals surface area (Å²) < 4.78 is 2.07. The molecule has 0 aliphatic rings. The predicted octanol–water partition coefficient (Wildman–Crippen LogP) is 5.94. The molecule has 1 N–H and O–H groups in total. The van der Waals surface area contributed by atoms with Crippen LogP contribution in [-0.2, 0) is 13.0 Å². The Morgan fingerprint density at radius 1 is 1.07 bits per heavy atom. The van der Waals surface area contributed by atoms with Crippen molar-refractivity contribution in [1.82, 2.24) is 14.8 Å². The number of aromatic carboxylic acids is 1. The number of hydrogen-bond acceptors (Lipinski definition) is 3. The van der Waals surface area contributed by atoms with Crippen LogP contribution in [0.2, 0.25) is 0 Å². The number of nitrogens with zero attached hydrogens (tertiary/aromatic N) is 3. The van der Waals surface area contributed by atoms with Gasteiger partial charge in [-0.3, -0.25) is 0 Å². The molecule has 0 saturated heterocycles. The highest BCUT2D eigenvalue weighted by molar-refractivity contribution is 5.95. The summed E-state index contributed by atoms with van der Waals surface area (Å²) in [7, 11) is 0. The lowest BCUT2D eigenvalue weighted by atomic mass is 9.98. The van der Waals surface area contributed by atoms with Crippen LogP contribution in [0, 0.1) is 0 Å². The van der Waals surface area contributed by atoms with Gasteiger partial charge in [0.25, 0.3) is 0 Å². The monoisotopic (exact) mass is 405 g/mol. The van der Waals surface area contributed by atoms with Gasteiger partial charge >= 0.3 is 5.97 Å². The molecule has 158 valence electrons. The van der Waals surface area contributed by atoms with Crippen molar-refractivity contribution in [2.45, 2.75) is 65.3 Å². The summed E-state index contributed by atoms with van der Waals surface area (Å²) in [6.07, 6.45) is 5.22. The molecule has 0 aliphatic heterocycles. The van der Waals surface area contributed by atoms with Crippen LogP contribution in [0.25, 0.3) is 11.1 Å². The minimum Gasteiger partial charge on any atom is -0.478 e. The van der Waals surface area contributed by atoms with Gasteiger partial charge in [0, 0.05) is 18.9 Å². The SMILES string of the molecule is CCCCCn1nc(C(C)CC)nc1Cc1ccc(-c2ccccc2C(=O)O)cc1. The van der Waals surface area contributed by atoms with Crippen molar-refractivity contribution < 1.29 is 9.90 Å². The van der Waals surface area contributed by atoms with Gasteiger partial charge in [-0.15, -0.1) is 0 Å². The summed E-state index contributed by atoms with van der Waals surface area (Å²) in [6, 6.07) is 15.2. The van der Waals surface area contributed by atoms with Crippen molar-refractivity contribution in [1.29, 1.82) is 0 Å². The lowest BCUT2D eigenvalue weighted by molar-refractivity contribution is 0.0697. The topological polar surface area (TPSA) is 68.0 Å². The van der Waals surface area contributed by atoms with Gasteiger partial charge in [-0.25, -0.2) is 14.5 Å². The fraction of sp³-hybridized carbons (Fsp3) is 0.400. The standard InChI is InChI=1S/C25H31N3O2/c1-4-6-9-16-28-23(26-24(27-28)18(3)5-2)17-19-12-14-20(15-13-19)21-10-7-8-11-22(21)25(29)30/h7-8,10-15,18H,4-6,9,16-17H2,1-3H3,(H,29,30). The van der Waals surface area contributed by atoms with Crippen molar-refractivity contribution >= 4 is 5.97 Å². The van der Waals surface area contributed by atoms with Crippen LogP contribution in [0.3, 0.4) is 0 Å². The molecule has 1 atom stereocenters. The van der Waals surface area contributed by atoms with E-state index in [0.29, 0.717) is 11.5 Å². The fourth-order valence-corrected chi connectivity index (χ4v) is 3.51. The summed E-state index contributed by atoms with van der Waals surface area (Å²) in [5, 5.41) is 14.2. The van der Waals surface area contributed by atoms with E-state index in [2.05, 4.69) is 37.6 Å². The number of aromatic nitrogens is 3. The molecular weight excluding hydrogens is 374 g/mol. The second-order valence-electron chi connectivity index (χ2n) is 7.85. The van der Waals surface area contributed by atoms with E-state index in [9.17, 15) is 9.90 Å². The Balaban J connectivity index is 1.83. The molecule has 5 nitrogen and oxygen atoms in total. The lowest BCUT2D eigenvalue weighted by Crippen LogP contribution is -2.07. The molecule has 0 aliphatic carbocycles. The molecule has 1 heterocycles. The van der Waals surface area contributed by atoms with E-state index in [1.54, 1.807) is 12.1 Å².